The first-order valence-electron chi connectivity index (χ1n) is 20.5. The van der Waals surface area contributed by atoms with E-state index >= 15 is 0 Å². The minimum Gasteiger partial charge on any atom is -0.480 e. The Balaban J connectivity index is 2.39. The summed E-state index contributed by atoms with van der Waals surface area (Å²) in [5.41, 5.74) is 0.530. The highest BCUT2D eigenvalue weighted by atomic mass is 16.5. The Hall–Kier alpha value is -2.91. The maximum atomic E-state index is 12.8. The lowest BCUT2D eigenvalue weighted by Crippen LogP contribution is -2.43. The number of hydrogen-bond donors (Lipinski definition) is 4. The molecule has 1 aromatic rings. The largest absolute Gasteiger partial charge is 0.480 e. The van der Waals surface area contributed by atoms with E-state index in [2.05, 4.69) is 48.3 Å². The highest BCUT2D eigenvalue weighted by Crippen LogP contribution is 2.17. The summed E-state index contributed by atoms with van der Waals surface area (Å²) in [5, 5.41) is 14.7. The average molecular weight is 719 g/mol. The van der Waals surface area contributed by atoms with Crippen LogP contribution in [0.5, 0.6) is 0 Å². The quantitative estimate of drug-likeness (QED) is 0.0410. The van der Waals surface area contributed by atoms with Crippen LogP contribution in [0.25, 0.3) is 0 Å². The van der Waals surface area contributed by atoms with Crippen molar-refractivity contribution in [1.29, 1.82) is 0 Å². The zero-order chi connectivity index (χ0) is 37.5. The number of ether oxygens (including phenoxy) is 1. The summed E-state index contributed by atoms with van der Waals surface area (Å²) < 4.78 is 5.82. The molecule has 4 N–H and O–H groups in total. The number of imidazole rings is 1. The van der Waals surface area contributed by atoms with Crippen LogP contribution in [0.1, 0.15) is 187 Å². The molecule has 1 unspecified atom stereocenters. The van der Waals surface area contributed by atoms with Crippen LogP contribution >= 0.6 is 0 Å². The summed E-state index contributed by atoms with van der Waals surface area (Å²) in [5.74, 6) is -0.570. The summed E-state index contributed by atoms with van der Waals surface area (Å²) in [7, 11) is 0. The molecule has 1 aromatic heterocycles. The standard InChI is InChI=1S/C41H74N4O6/c1-33(2)23-19-15-11-7-5-9-13-17-21-25-36(51-40(48)26-22-18-14-10-6-8-12-16-20-24-34(3)4)30-39(47)43-28-27-38(46)45-37(41(49)50)29-35-31-42-32-44-35/h31-34,36-37H,5-30H2,1-4H3,(H,42,44)(H,43,47)(H,45,46)(H,49,50)/t36?,37-/m0/s1. The Kier molecular flexibility index (Phi) is 27.7. The van der Waals surface area contributed by atoms with Crippen molar-refractivity contribution in [2.24, 2.45) is 11.8 Å². The molecule has 0 aliphatic carbocycles. The number of aromatic nitrogens is 2. The van der Waals surface area contributed by atoms with Gasteiger partial charge >= 0.3 is 11.9 Å². The molecular weight excluding hydrogens is 644 g/mol. The smallest absolute Gasteiger partial charge is 0.326 e. The number of esters is 1. The molecule has 0 aliphatic heterocycles. The van der Waals surface area contributed by atoms with Gasteiger partial charge in [0.2, 0.25) is 11.8 Å². The number of aromatic amines is 1. The van der Waals surface area contributed by atoms with E-state index in [-0.39, 0.29) is 37.7 Å². The van der Waals surface area contributed by atoms with E-state index in [0.29, 0.717) is 18.5 Å². The number of H-pyrrole nitrogens is 1. The lowest BCUT2D eigenvalue weighted by molar-refractivity contribution is -0.151. The van der Waals surface area contributed by atoms with E-state index in [9.17, 15) is 24.3 Å². The lowest BCUT2D eigenvalue weighted by Gasteiger charge is -2.18. The number of nitrogens with one attached hydrogen (secondary N) is 3. The number of nitrogens with zero attached hydrogens (tertiary/aromatic N) is 1. The predicted octanol–water partition coefficient (Wildman–Crippen LogP) is 9.22. The van der Waals surface area contributed by atoms with E-state index in [1.165, 1.54) is 96.2 Å². The minimum atomic E-state index is -1.15. The Bertz CT molecular complexity index is 1030. The van der Waals surface area contributed by atoms with Gasteiger partial charge in [0, 0.05) is 32.0 Å². The normalized spacial score (nSPS) is 12.6. The Morgan fingerprint density at radius 1 is 0.686 bits per heavy atom. The number of carboxylic acids is 1. The average Bonchev–Trinajstić information content (AvgIpc) is 3.58. The van der Waals surface area contributed by atoms with Crippen molar-refractivity contribution in [2.45, 2.75) is 200 Å². The van der Waals surface area contributed by atoms with Gasteiger partial charge in [0.05, 0.1) is 18.4 Å². The molecular formula is C41H74N4O6. The fourth-order valence-corrected chi connectivity index (χ4v) is 6.34. The molecule has 10 heteroatoms. The van der Waals surface area contributed by atoms with Crippen molar-refractivity contribution in [1.82, 2.24) is 20.6 Å². The van der Waals surface area contributed by atoms with Crippen LogP contribution in [-0.4, -0.2) is 57.5 Å². The number of amides is 2. The van der Waals surface area contributed by atoms with Gasteiger partial charge in [0.1, 0.15) is 12.1 Å². The summed E-state index contributed by atoms with van der Waals surface area (Å²) in [4.78, 5) is 56.4. The Labute approximate surface area is 309 Å². The first kappa shape index (κ1) is 46.1. The van der Waals surface area contributed by atoms with Gasteiger partial charge in [-0.2, -0.15) is 0 Å². The number of hydrogen-bond acceptors (Lipinski definition) is 6. The number of carbonyl (C=O) groups is 4. The summed E-state index contributed by atoms with van der Waals surface area (Å²) in [6.07, 6.45) is 27.7. The van der Waals surface area contributed by atoms with E-state index in [1.807, 2.05) is 0 Å². The second-order valence-electron chi connectivity index (χ2n) is 15.4. The molecule has 0 bridgehead atoms. The second-order valence-corrected chi connectivity index (χ2v) is 15.4. The van der Waals surface area contributed by atoms with Crippen LogP contribution in [0.4, 0.5) is 0 Å². The monoisotopic (exact) mass is 719 g/mol. The van der Waals surface area contributed by atoms with Gasteiger partial charge in [-0.15, -0.1) is 0 Å². The van der Waals surface area contributed by atoms with Crippen LogP contribution in [0.15, 0.2) is 12.5 Å². The molecule has 0 saturated heterocycles. The lowest BCUT2D eigenvalue weighted by atomic mass is 10.0. The summed E-state index contributed by atoms with van der Waals surface area (Å²) in [6.45, 7) is 9.20. The van der Waals surface area contributed by atoms with Crippen molar-refractivity contribution in [3.8, 4) is 0 Å². The third-order valence-corrected chi connectivity index (χ3v) is 9.46. The van der Waals surface area contributed by atoms with Crippen molar-refractivity contribution in [3.63, 3.8) is 0 Å². The first-order valence-corrected chi connectivity index (χ1v) is 20.5. The molecule has 0 spiro atoms. The molecule has 0 aromatic carbocycles. The van der Waals surface area contributed by atoms with Gasteiger partial charge in [-0.25, -0.2) is 9.78 Å². The van der Waals surface area contributed by atoms with Gasteiger partial charge in [-0.05, 0) is 31.1 Å². The SMILES string of the molecule is CC(C)CCCCCCCCCCCC(=O)OC(CCCCCCCCCCCC(C)C)CC(=O)NCCC(=O)N[C@@H](Cc1c[nH]cn1)C(=O)O. The van der Waals surface area contributed by atoms with Crippen LogP contribution in [-0.2, 0) is 30.3 Å². The molecule has 2 amide bonds. The molecule has 2 atom stereocenters. The Morgan fingerprint density at radius 2 is 1.18 bits per heavy atom. The highest BCUT2D eigenvalue weighted by molar-refractivity contribution is 5.84. The first-order chi connectivity index (χ1) is 24.6. The number of carboxylic acid groups (broad SMARTS) is 1. The van der Waals surface area contributed by atoms with E-state index < -0.39 is 24.0 Å². The maximum Gasteiger partial charge on any atom is 0.326 e. The highest BCUT2D eigenvalue weighted by Gasteiger charge is 2.22. The topological polar surface area (TPSA) is 150 Å². The van der Waals surface area contributed by atoms with Crippen molar-refractivity contribution in [3.05, 3.63) is 18.2 Å². The summed E-state index contributed by atoms with van der Waals surface area (Å²) >= 11 is 0. The third kappa shape index (κ3) is 28.4. The summed E-state index contributed by atoms with van der Waals surface area (Å²) in [6, 6.07) is -1.11. The van der Waals surface area contributed by atoms with Crippen molar-refractivity contribution >= 4 is 23.8 Å². The molecule has 51 heavy (non-hydrogen) atoms. The molecule has 1 heterocycles. The van der Waals surface area contributed by atoms with Gasteiger partial charge in [-0.1, -0.05) is 143 Å². The molecule has 1 rings (SSSR count). The fourth-order valence-electron chi connectivity index (χ4n) is 6.34. The van der Waals surface area contributed by atoms with Gasteiger partial charge in [0.25, 0.3) is 0 Å². The number of rotatable bonds is 34. The maximum absolute atomic E-state index is 12.8. The molecule has 294 valence electrons. The predicted molar refractivity (Wildman–Crippen MR) is 205 cm³/mol. The van der Waals surface area contributed by atoms with Gasteiger partial charge in [0.15, 0.2) is 0 Å². The molecule has 0 aliphatic rings. The molecule has 0 radical (unpaired) electrons. The van der Waals surface area contributed by atoms with Gasteiger partial charge < -0.3 is 25.5 Å². The zero-order valence-electron chi connectivity index (χ0n) is 32.8. The van der Waals surface area contributed by atoms with Crippen molar-refractivity contribution < 1.29 is 29.0 Å². The van der Waals surface area contributed by atoms with Crippen LogP contribution in [0.2, 0.25) is 0 Å². The zero-order valence-corrected chi connectivity index (χ0v) is 32.8. The molecule has 10 nitrogen and oxygen atoms in total. The molecule has 0 saturated carbocycles. The molecule has 0 fully saturated rings. The second kappa shape index (κ2) is 30.7. The van der Waals surface area contributed by atoms with Crippen LogP contribution in [0.3, 0.4) is 0 Å². The number of carbonyl (C=O) groups excluding carboxylic acids is 3. The fraction of sp³-hybridized carbons (Fsp3) is 0.829. The van der Waals surface area contributed by atoms with Gasteiger partial charge in [-0.3, -0.25) is 14.4 Å². The number of unbranched alkanes of at least 4 members (excludes halogenated alkanes) is 16. The number of aliphatic carboxylic acids is 1. The third-order valence-electron chi connectivity index (χ3n) is 9.46. The van der Waals surface area contributed by atoms with E-state index in [0.717, 1.165) is 50.4 Å². The van der Waals surface area contributed by atoms with Crippen molar-refractivity contribution in [2.75, 3.05) is 6.54 Å². The Morgan fingerprint density at radius 3 is 1.65 bits per heavy atom. The van der Waals surface area contributed by atoms with E-state index in [4.69, 9.17) is 4.74 Å². The van der Waals surface area contributed by atoms with Crippen LogP contribution in [0, 0.1) is 11.8 Å². The van der Waals surface area contributed by atoms with Crippen LogP contribution < -0.4 is 10.6 Å². The van der Waals surface area contributed by atoms with E-state index in [1.54, 1.807) is 6.20 Å². The minimum absolute atomic E-state index is 0.0534.